The van der Waals surface area contributed by atoms with E-state index in [4.69, 9.17) is 4.74 Å². The average molecular weight is 484 g/mol. The first-order valence-corrected chi connectivity index (χ1v) is 11.4. The van der Waals surface area contributed by atoms with Gasteiger partial charge in [-0.15, -0.1) is 0 Å². The van der Waals surface area contributed by atoms with E-state index in [0.29, 0.717) is 47.4 Å². The minimum atomic E-state index is -0.548. The number of ether oxygens (including phenoxy) is 1. The molecule has 5 rings (SSSR count). The van der Waals surface area contributed by atoms with Gasteiger partial charge in [-0.1, -0.05) is 17.4 Å². The van der Waals surface area contributed by atoms with Crippen LogP contribution in [0.15, 0.2) is 53.3 Å². The second-order valence-corrected chi connectivity index (χ2v) is 8.63. The number of nitrogens with zero attached hydrogens (tertiary/aromatic N) is 4. The monoisotopic (exact) mass is 483 g/mol. The Bertz CT molecular complexity index is 1410. The Labute approximate surface area is 196 Å². The Hall–Kier alpha value is -3.70. The van der Waals surface area contributed by atoms with Gasteiger partial charge in [0.2, 0.25) is 5.91 Å². The van der Waals surface area contributed by atoms with Gasteiger partial charge < -0.3 is 15.0 Å². The first-order valence-electron chi connectivity index (χ1n) is 10.5. The van der Waals surface area contributed by atoms with E-state index in [9.17, 15) is 18.4 Å². The third-order valence-corrected chi connectivity index (χ3v) is 6.41. The standard InChI is InChI=1S/C23H19F2N5O3S/c24-15-6-4-14(5-7-15)19-21-20(27-23(34-21)29-8-10-33-11-9-29)22(32)30(28-19)13-18(31)26-17-3-1-2-16(25)12-17/h1-7,12H,8-11,13H2,(H,26,31). The van der Waals surface area contributed by atoms with Crippen molar-refractivity contribution in [2.75, 3.05) is 36.5 Å². The fourth-order valence-corrected chi connectivity index (χ4v) is 4.76. The highest BCUT2D eigenvalue weighted by Gasteiger charge is 2.22. The Morgan fingerprint density at radius 2 is 1.85 bits per heavy atom. The molecule has 4 aromatic rings. The zero-order valence-corrected chi connectivity index (χ0v) is 18.6. The predicted molar refractivity (Wildman–Crippen MR) is 125 cm³/mol. The van der Waals surface area contributed by atoms with E-state index in [1.807, 2.05) is 4.90 Å². The van der Waals surface area contributed by atoms with Gasteiger partial charge in [0, 0.05) is 24.3 Å². The van der Waals surface area contributed by atoms with Crippen LogP contribution in [-0.4, -0.2) is 47.0 Å². The second kappa shape index (κ2) is 9.27. The number of hydrogen-bond acceptors (Lipinski definition) is 7. The molecule has 34 heavy (non-hydrogen) atoms. The largest absolute Gasteiger partial charge is 0.378 e. The number of thiazole rings is 1. The molecule has 1 aliphatic heterocycles. The normalized spacial score (nSPS) is 13.9. The zero-order valence-electron chi connectivity index (χ0n) is 17.8. The Kier molecular flexibility index (Phi) is 6.03. The molecular formula is C23H19F2N5O3S. The molecule has 2 aromatic carbocycles. The Balaban J connectivity index is 1.55. The van der Waals surface area contributed by atoms with Crippen molar-refractivity contribution in [3.05, 3.63) is 70.5 Å². The summed E-state index contributed by atoms with van der Waals surface area (Å²) in [6, 6.07) is 11.2. The lowest BCUT2D eigenvalue weighted by Crippen LogP contribution is -2.36. The first kappa shape index (κ1) is 22.1. The molecule has 8 nitrogen and oxygen atoms in total. The molecule has 0 unspecified atom stereocenters. The van der Waals surface area contributed by atoms with Crippen LogP contribution in [-0.2, 0) is 16.1 Å². The summed E-state index contributed by atoms with van der Waals surface area (Å²) in [5.74, 6) is -1.44. The molecule has 1 aliphatic rings. The lowest BCUT2D eigenvalue weighted by Gasteiger charge is -2.25. The van der Waals surface area contributed by atoms with Crippen LogP contribution in [0.2, 0.25) is 0 Å². The number of morpholine rings is 1. The van der Waals surface area contributed by atoms with Crippen LogP contribution in [0.5, 0.6) is 0 Å². The van der Waals surface area contributed by atoms with E-state index >= 15 is 0 Å². The van der Waals surface area contributed by atoms with Crippen molar-refractivity contribution in [1.29, 1.82) is 0 Å². The molecule has 1 N–H and O–H groups in total. The van der Waals surface area contributed by atoms with Crippen molar-refractivity contribution in [2.24, 2.45) is 0 Å². The molecule has 0 spiro atoms. The van der Waals surface area contributed by atoms with Crippen molar-refractivity contribution in [1.82, 2.24) is 14.8 Å². The molecule has 1 saturated heterocycles. The van der Waals surface area contributed by atoms with E-state index in [1.54, 1.807) is 18.2 Å². The topological polar surface area (TPSA) is 89.3 Å². The number of halogens is 2. The third-order valence-electron chi connectivity index (χ3n) is 5.29. The summed E-state index contributed by atoms with van der Waals surface area (Å²) in [7, 11) is 0. The van der Waals surface area contributed by atoms with Gasteiger partial charge >= 0.3 is 0 Å². The molecule has 0 radical (unpaired) electrons. The number of nitrogens with one attached hydrogen (secondary N) is 1. The van der Waals surface area contributed by atoms with E-state index in [2.05, 4.69) is 15.4 Å². The molecule has 2 aromatic heterocycles. The number of carbonyl (C=O) groups excluding carboxylic acids is 1. The average Bonchev–Trinajstić information content (AvgIpc) is 3.28. The van der Waals surface area contributed by atoms with Crippen LogP contribution in [0, 0.1) is 11.6 Å². The molecule has 0 bridgehead atoms. The number of amides is 1. The van der Waals surface area contributed by atoms with Gasteiger partial charge in [0.05, 0.1) is 17.9 Å². The van der Waals surface area contributed by atoms with E-state index in [0.717, 1.165) is 4.68 Å². The highest BCUT2D eigenvalue weighted by Crippen LogP contribution is 2.34. The van der Waals surface area contributed by atoms with Gasteiger partial charge in [-0.3, -0.25) is 9.59 Å². The van der Waals surface area contributed by atoms with E-state index < -0.39 is 29.6 Å². The predicted octanol–water partition coefficient (Wildman–Crippen LogP) is 3.27. The zero-order chi connectivity index (χ0) is 23.7. The number of carbonyl (C=O) groups is 1. The maximum atomic E-state index is 13.5. The minimum Gasteiger partial charge on any atom is -0.378 e. The van der Waals surface area contributed by atoms with Crippen molar-refractivity contribution in [2.45, 2.75) is 6.54 Å². The Morgan fingerprint density at radius 1 is 1.09 bits per heavy atom. The quantitative estimate of drug-likeness (QED) is 0.469. The molecule has 11 heteroatoms. The van der Waals surface area contributed by atoms with Crippen molar-refractivity contribution >= 4 is 38.3 Å². The minimum absolute atomic E-state index is 0.180. The van der Waals surface area contributed by atoms with Crippen molar-refractivity contribution in [3.8, 4) is 11.3 Å². The van der Waals surface area contributed by atoms with E-state index in [-0.39, 0.29) is 11.2 Å². The van der Waals surface area contributed by atoms with Gasteiger partial charge in [0.15, 0.2) is 10.6 Å². The van der Waals surface area contributed by atoms with Crippen LogP contribution in [0.3, 0.4) is 0 Å². The SMILES string of the molecule is O=C(Cn1nc(-c2ccc(F)cc2)c2sc(N3CCOCC3)nc2c1=O)Nc1cccc(F)c1. The summed E-state index contributed by atoms with van der Waals surface area (Å²) >= 11 is 1.32. The highest BCUT2D eigenvalue weighted by molar-refractivity contribution is 7.22. The number of rotatable bonds is 5. The van der Waals surface area contributed by atoms with Crippen LogP contribution >= 0.6 is 11.3 Å². The maximum Gasteiger partial charge on any atom is 0.294 e. The number of hydrogen-bond donors (Lipinski definition) is 1. The molecular weight excluding hydrogens is 464 g/mol. The van der Waals surface area contributed by atoms with Gasteiger partial charge in [-0.25, -0.2) is 18.4 Å². The summed E-state index contributed by atoms with van der Waals surface area (Å²) in [4.78, 5) is 32.4. The maximum absolute atomic E-state index is 13.5. The molecule has 1 fully saturated rings. The second-order valence-electron chi connectivity index (χ2n) is 7.65. The molecule has 0 atom stereocenters. The molecule has 174 valence electrons. The highest BCUT2D eigenvalue weighted by atomic mass is 32.1. The number of aromatic nitrogens is 3. The molecule has 3 heterocycles. The van der Waals surface area contributed by atoms with Crippen LogP contribution < -0.4 is 15.8 Å². The molecule has 0 aliphatic carbocycles. The third kappa shape index (κ3) is 4.52. The Morgan fingerprint density at radius 3 is 2.59 bits per heavy atom. The van der Waals surface area contributed by atoms with Gasteiger partial charge in [-0.05, 0) is 42.5 Å². The van der Waals surface area contributed by atoms with Crippen LogP contribution in [0.4, 0.5) is 19.6 Å². The smallest absolute Gasteiger partial charge is 0.294 e. The van der Waals surface area contributed by atoms with Gasteiger partial charge in [-0.2, -0.15) is 5.10 Å². The molecule has 1 amide bonds. The summed E-state index contributed by atoms with van der Waals surface area (Å²) in [6.07, 6.45) is 0. The van der Waals surface area contributed by atoms with E-state index in [1.165, 1.54) is 41.7 Å². The fraction of sp³-hybridized carbons (Fsp3) is 0.217. The molecule has 0 saturated carbocycles. The van der Waals surface area contributed by atoms with Gasteiger partial charge in [0.25, 0.3) is 5.56 Å². The first-order chi connectivity index (χ1) is 16.5. The number of benzene rings is 2. The van der Waals surface area contributed by atoms with Crippen molar-refractivity contribution < 1.29 is 18.3 Å². The lowest BCUT2D eigenvalue weighted by molar-refractivity contribution is -0.117. The summed E-state index contributed by atoms with van der Waals surface area (Å²) < 4.78 is 34.0. The summed E-state index contributed by atoms with van der Waals surface area (Å²) in [5.41, 5.74) is 0.930. The van der Waals surface area contributed by atoms with Crippen LogP contribution in [0.25, 0.3) is 21.5 Å². The summed E-state index contributed by atoms with van der Waals surface area (Å²) in [6.45, 7) is 2.00. The number of fused-ring (bicyclic) bond motifs is 1. The van der Waals surface area contributed by atoms with Gasteiger partial charge in [0.1, 0.15) is 23.9 Å². The summed E-state index contributed by atoms with van der Waals surface area (Å²) in [5, 5.41) is 7.65. The van der Waals surface area contributed by atoms with Crippen molar-refractivity contribution in [3.63, 3.8) is 0 Å². The lowest BCUT2D eigenvalue weighted by atomic mass is 10.1. The van der Waals surface area contributed by atoms with Crippen LogP contribution in [0.1, 0.15) is 0 Å². The number of anilines is 2. The fourth-order valence-electron chi connectivity index (χ4n) is 3.64.